The number of amides is 2. The van der Waals surface area contributed by atoms with Gasteiger partial charge in [-0.2, -0.15) is 4.99 Å². The molecule has 8 heteroatoms. The van der Waals surface area contributed by atoms with Gasteiger partial charge in [0.1, 0.15) is 6.54 Å². The van der Waals surface area contributed by atoms with Gasteiger partial charge in [0.15, 0.2) is 4.80 Å². The van der Waals surface area contributed by atoms with Crippen molar-refractivity contribution in [1.29, 1.82) is 0 Å². The summed E-state index contributed by atoms with van der Waals surface area (Å²) in [4.78, 5) is 40.6. The predicted octanol–water partition coefficient (Wildman–Crippen LogP) is 3.19. The summed E-state index contributed by atoms with van der Waals surface area (Å²) >= 11 is 1.26. The summed E-state index contributed by atoms with van der Waals surface area (Å²) < 4.78 is 7.21. The third-order valence-corrected chi connectivity index (χ3v) is 5.51. The summed E-state index contributed by atoms with van der Waals surface area (Å²) in [6.07, 6.45) is 0. The maximum Gasteiger partial charge on any atom is 0.325 e. The first-order valence-corrected chi connectivity index (χ1v) is 9.74. The molecule has 3 rings (SSSR count). The standard InChI is InChI=1S/C21H21N3O4S/c1-12-5-6-15(9-13(12)2)20(27)23-21-24(11-19(26)28-4)17-8-7-16(22-14(3)25)10-18(17)29-21/h5-10H,11H2,1-4H3,(H,22,25). The fourth-order valence-electron chi connectivity index (χ4n) is 2.81. The molecule has 0 radical (unpaired) electrons. The minimum Gasteiger partial charge on any atom is -0.468 e. The predicted molar refractivity (Wildman–Crippen MR) is 112 cm³/mol. The second-order valence-electron chi connectivity index (χ2n) is 6.63. The summed E-state index contributed by atoms with van der Waals surface area (Å²) in [5.41, 5.74) is 3.93. The number of fused-ring (bicyclic) bond motifs is 1. The quantitative estimate of drug-likeness (QED) is 0.668. The van der Waals surface area contributed by atoms with E-state index in [-0.39, 0.29) is 18.4 Å². The Hall–Kier alpha value is -3.26. The van der Waals surface area contributed by atoms with Crippen LogP contribution in [0.25, 0.3) is 10.2 Å². The van der Waals surface area contributed by atoms with E-state index in [1.54, 1.807) is 34.9 Å². The number of anilines is 1. The van der Waals surface area contributed by atoms with E-state index in [2.05, 4.69) is 10.3 Å². The summed E-state index contributed by atoms with van der Waals surface area (Å²) in [6, 6.07) is 10.7. The lowest BCUT2D eigenvalue weighted by molar-refractivity contribution is -0.141. The van der Waals surface area contributed by atoms with Crippen molar-refractivity contribution in [3.05, 3.63) is 57.9 Å². The van der Waals surface area contributed by atoms with Gasteiger partial charge >= 0.3 is 5.97 Å². The molecular weight excluding hydrogens is 390 g/mol. The number of carbonyl (C=O) groups excluding carboxylic acids is 3. The van der Waals surface area contributed by atoms with Crippen LogP contribution in [0, 0.1) is 13.8 Å². The number of nitrogens with one attached hydrogen (secondary N) is 1. The highest BCUT2D eigenvalue weighted by Crippen LogP contribution is 2.22. The molecule has 0 aliphatic heterocycles. The van der Waals surface area contributed by atoms with Crippen LogP contribution in [-0.4, -0.2) is 29.5 Å². The minimum absolute atomic E-state index is 0.0744. The van der Waals surface area contributed by atoms with Crippen molar-refractivity contribution >= 4 is 45.0 Å². The molecular formula is C21H21N3O4S. The van der Waals surface area contributed by atoms with E-state index in [9.17, 15) is 14.4 Å². The number of hydrogen-bond donors (Lipinski definition) is 1. The molecule has 0 atom stereocenters. The van der Waals surface area contributed by atoms with Crippen molar-refractivity contribution < 1.29 is 19.1 Å². The van der Waals surface area contributed by atoms with E-state index in [0.717, 1.165) is 21.3 Å². The normalized spacial score (nSPS) is 11.5. The van der Waals surface area contributed by atoms with Crippen molar-refractivity contribution in [1.82, 2.24) is 4.57 Å². The Morgan fingerprint density at radius 2 is 1.86 bits per heavy atom. The maximum atomic E-state index is 12.7. The number of methoxy groups -OCH3 is 1. The second kappa shape index (κ2) is 8.40. The zero-order valence-corrected chi connectivity index (χ0v) is 17.4. The van der Waals surface area contributed by atoms with Gasteiger partial charge < -0.3 is 14.6 Å². The van der Waals surface area contributed by atoms with Crippen molar-refractivity contribution in [3.8, 4) is 0 Å². The number of aryl methyl sites for hydroxylation is 2. The molecule has 3 aromatic rings. The Morgan fingerprint density at radius 3 is 2.52 bits per heavy atom. The zero-order valence-electron chi connectivity index (χ0n) is 16.6. The van der Waals surface area contributed by atoms with Gasteiger partial charge in [0.05, 0.1) is 17.3 Å². The smallest absolute Gasteiger partial charge is 0.325 e. The average molecular weight is 411 g/mol. The van der Waals surface area contributed by atoms with Gasteiger partial charge in [-0.15, -0.1) is 0 Å². The number of esters is 1. The molecule has 0 spiro atoms. The Bertz CT molecular complexity index is 1190. The van der Waals surface area contributed by atoms with E-state index in [1.807, 2.05) is 19.9 Å². The summed E-state index contributed by atoms with van der Waals surface area (Å²) in [5, 5.41) is 2.73. The summed E-state index contributed by atoms with van der Waals surface area (Å²) in [6.45, 7) is 5.27. The van der Waals surface area contributed by atoms with Crippen LogP contribution in [-0.2, 0) is 20.9 Å². The molecule has 1 heterocycles. The van der Waals surface area contributed by atoms with Gasteiger partial charge in [-0.1, -0.05) is 17.4 Å². The molecule has 0 unspecified atom stereocenters. The van der Waals surface area contributed by atoms with Crippen LogP contribution in [0.1, 0.15) is 28.4 Å². The Kier molecular flexibility index (Phi) is 5.93. The van der Waals surface area contributed by atoms with E-state index >= 15 is 0 Å². The summed E-state index contributed by atoms with van der Waals surface area (Å²) in [5.74, 6) is -1.02. The molecule has 0 aliphatic rings. The SMILES string of the molecule is COC(=O)Cn1c(=NC(=O)c2ccc(C)c(C)c2)sc2cc(NC(C)=O)ccc21. The monoisotopic (exact) mass is 411 g/mol. The van der Waals surface area contributed by atoms with E-state index in [1.165, 1.54) is 25.4 Å². The van der Waals surface area contributed by atoms with Crippen molar-refractivity contribution in [3.63, 3.8) is 0 Å². The highest BCUT2D eigenvalue weighted by Gasteiger charge is 2.13. The molecule has 2 aromatic carbocycles. The number of rotatable bonds is 4. The topological polar surface area (TPSA) is 89.8 Å². The first-order chi connectivity index (χ1) is 13.8. The lowest BCUT2D eigenvalue weighted by Crippen LogP contribution is -2.22. The molecule has 1 N–H and O–H groups in total. The number of nitrogens with zero attached hydrogens (tertiary/aromatic N) is 2. The number of aromatic nitrogens is 1. The van der Waals surface area contributed by atoms with E-state index < -0.39 is 5.97 Å². The third kappa shape index (κ3) is 4.60. The molecule has 29 heavy (non-hydrogen) atoms. The van der Waals surface area contributed by atoms with Crippen LogP contribution in [0.3, 0.4) is 0 Å². The van der Waals surface area contributed by atoms with Crippen LogP contribution >= 0.6 is 11.3 Å². The van der Waals surface area contributed by atoms with Gasteiger partial charge in [0.2, 0.25) is 5.91 Å². The van der Waals surface area contributed by atoms with Crippen molar-refractivity contribution in [2.45, 2.75) is 27.3 Å². The summed E-state index contributed by atoms with van der Waals surface area (Å²) in [7, 11) is 1.31. The highest BCUT2D eigenvalue weighted by atomic mass is 32.1. The molecule has 2 amide bonds. The molecule has 0 aliphatic carbocycles. The van der Waals surface area contributed by atoms with E-state index in [0.29, 0.717) is 16.1 Å². The Morgan fingerprint density at radius 1 is 1.10 bits per heavy atom. The lowest BCUT2D eigenvalue weighted by Gasteiger charge is -2.05. The maximum absolute atomic E-state index is 12.7. The van der Waals surface area contributed by atoms with Gasteiger partial charge in [-0.25, -0.2) is 0 Å². The van der Waals surface area contributed by atoms with Crippen molar-refractivity contribution in [2.24, 2.45) is 4.99 Å². The molecule has 0 saturated carbocycles. The Labute approximate surface area is 171 Å². The first kappa shape index (κ1) is 20.5. The van der Waals surface area contributed by atoms with Gasteiger partial charge in [0.25, 0.3) is 5.91 Å². The number of thiazole rings is 1. The highest BCUT2D eigenvalue weighted by molar-refractivity contribution is 7.16. The fourth-order valence-corrected chi connectivity index (χ4v) is 3.88. The van der Waals surface area contributed by atoms with Crippen LogP contribution in [0.15, 0.2) is 41.4 Å². The number of carbonyl (C=O) groups is 3. The van der Waals surface area contributed by atoms with Gasteiger partial charge in [0, 0.05) is 18.2 Å². The molecule has 0 saturated heterocycles. The molecule has 150 valence electrons. The van der Waals surface area contributed by atoms with Crippen molar-refractivity contribution in [2.75, 3.05) is 12.4 Å². The van der Waals surface area contributed by atoms with Crippen LogP contribution in [0.4, 0.5) is 5.69 Å². The van der Waals surface area contributed by atoms with Crippen LogP contribution < -0.4 is 10.1 Å². The lowest BCUT2D eigenvalue weighted by atomic mass is 10.1. The first-order valence-electron chi connectivity index (χ1n) is 8.92. The average Bonchev–Trinajstić information content (AvgIpc) is 2.99. The van der Waals surface area contributed by atoms with Crippen LogP contribution in [0.5, 0.6) is 0 Å². The van der Waals surface area contributed by atoms with E-state index in [4.69, 9.17) is 4.74 Å². The molecule has 1 aromatic heterocycles. The largest absolute Gasteiger partial charge is 0.468 e. The number of ether oxygens (including phenoxy) is 1. The minimum atomic E-state index is -0.448. The van der Waals surface area contributed by atoms with Gasteiger partial charge in [-0.3, -0.25) is 14.4 Å². The Balaban J connectivity index is 2.12. The third-order valence-electron chi connectivity index (χ3n) is 4.47. The van der Waals surface area contributed by atoms with Gasteiger partial charge in [-0.05, 0) is 55.3 Å². The molecule has 0 fully saturated rings. The number of benzene rings is 2. The molecule has 7 nitrogen and oxygen atoms in total. The number of hydrogen-bond acceptors (Lipinski definition) is 5. The fraction of sp³-hybridized carbons (Fsp3) is 0.238. The second-order valence-corrected chi connectivity index (χ2v) is 7.64. The zero-order chi connectivity index (χ0) is 21.1. The van der Waals surface area contributed by atoms with Crippen LogP contribution in [0.2, 0.25) is 0 Å². The molecule has 0 bridgehead atoms.